The average molecular weight is 471 g/mol. The van der Waals surface area contributed by atoms with Crippen molar-refractivity contribution in [1.82, 2.24) is 15.5 Å². The average Bonchev–Trinajstić information content (AvgIpc) is 2.80. The van der Waals surface area contributed by atoms with Gasteiger partial charge in [-0.2, -0.15) is 0 Å². The molecule has 4 atom stereocenters. The molecule has 4 aliphatic rings. The molecule has 0 aliphatic carbocycles. The molecule has 31 heavy (non-hydrogen) atoms. The quantitative estimate of drug-likeness (QED) is 0.707. The fraction of sp³-hybridized carbons (Fsp3) is 0.696. The monoisotopic (exact) mass is 470 g/mol. The molecule has 4 fully saturated rings. The van der Waals surface area contributed by atoms with E-state index >= 15 is 0 Å². The normalized spacial score (nSPS) is 30.4. The molecule has 0 unspecified atom stereocenters. The Bertz CT molecular complexity index is 731. The number of amides is 1. The first kappa shape index (κ1) is 24.6. The van der Waals surface area contributed by atoms with Crippen LogP contribution in [0.3, 0.4) is 0 Å². The van der Waals surface area contributed by atoms with Crippen LogP contribution < -0.4 is 15.5 Å². The molecule has 0 radical (unpaired) electrons. The van der Waals surface area contributed by atoms with E-state index in [4.69, 9.17) is 4.74 Å². The number of carbonyl (C=O) groups is 1. The number of carbonyl (C=O) groups excluding carboxylic acids is 1. The van der Waals surface area contributed by atoms with E-state index in [-0.39, 0.29) is 30.7 Å². The molecule has 0 spiro atoms. The zero-order valence-corrected chi connectivity index (χ0v) is 19.8. The van der Waals surface area contributed by atoms with Crippen LogP contribution in [0.2, 0.25) is 0 Å². The number of rotatable bonds is 4. The summed E-state index contributed by atoms with van der Waals surface area (Å²) in [5.41, 5.74) is 1.83. The van der Waals surface area contributed by atoms with Gasteiger partial charge in [-0.15, -0.1) is 24.8 Å². The van der Waals surface area contributed by atoms with Crippen LogP contribution in [0, 0.1) is 11.8 Å². The van der Waals surface area contributed by atoms with Crippen molar-refractivity contribution < 1.29 is 9.53 Å². The molecule has 8 heteroatoms. The first-order valence-electron chi connectivity index (χ1n) is 11.5. The molecule has 4 saturated heterocycles. The van der Waals surface area contributed by atoms with Gasteiger partial charge in [0.1, 0.15) is 0 Å². The lowest BCUT2D eigenvalue weighted by Crippen LogP contribution is -2.65. The zero-order valence-electron chi connectivity index (χ0n) is 18.1. The highest BCUT2D eigenvalue weighted by atomic mass is 35.5. The number of halogens is 2. The van der Waals surface area contributed by atoms with E-state index in [1.165, 1.54) is 38.8 Å². The van der Waals surface area contributed by atoms with Crippen LogP contribution in [0.25, 0.3) is 0 Å². The number of morpholine rings is 1. The Morgan fingerprint density at radius 1 is 1.06 bits per heavy atom. The smallest absolute Gasteiger partial charge is 0.253 e. The van der Waals surface area contributed by atoms with Crippen LogP contribution in [-0.4, -0.2) is 75.4 Å². The standard InChI is InChI=1S/C23H34N4O2.2ClH/c28-23(19-5-1-2-7-21(19)26-9-11-29-12-10-26)25-16-22-18-13-17(14-24-15-18)20-6-3-4-8-27(20)22;;/h1-2,5,7,17-18,20,22,24H,3-4,6,8-16H2,(H,25,28);2*1H/t17-,18+,20+,22+;;/m1../s1. The van der Waals surface area contributed by atoms with Gasteiger partial charge in [0, 0.05) is 37.4 Å². The Morgan fingerprint density at radius 2 is 1.84 bits per heavy atom. The molecule has 2 bridgehead atoms. The molecule has 5 rings (SSSR count). The second-order valence-corrected chi connectivity index (χ2v) is 9.11. The zero-order chi connectivity index (χ0) is 19.6. The minimum absolute atomic E-state index is 0. The molecule has 1 aromatic carbocycles. The van der Waals surface area contributed by atoms with Crippen LogP contribution in [0.4, 0.5) is 5.69 Å². The summed E-state index contributed by atoms with van der Waals surface area (Å²) in [7, 11) is 0. The lowest BCUT2D eigenvalue weighted by Gasteiger charge is -2.55. The molecular weight excluding hydrogens is 435 g/mol. The van der Waals surface area contributed by atoms with Gasteiger partial charge < -0.3 is 20.3 Å². The number of nitrogens with one attached hydrogen (secondary N) is 2. The van der Waals surface area contributed by atoms with Gasteiger partial charge in [0.25, 0.3) is 5.91 Å². The van der Waals surface area contributed by atoms with E-state index in [1.54, 1.807) is 0 Å². The fourth-order valence-corrected chi connectivity index (χ4v) is 6.09. The van der Waals surface area contributed by atoms with Gasteiger partial charge in [0.05, 0.1) is 18.8 Å². The lowest BCUT2D eigenvalue weighted by atomic mass is 9.73. The third-order valence-electron chi connectivity index (χ3n) is 7.50. The largest absolute Gasteiger partial charge is 0.378 e. The molecule has 0 saturated carbocycles. The van der Waals surface area contributed by atoms with E-state index in [1.807, 2.05) is 18.2 Å². The summed E-state index contributed by atoms with van der Waals surface area (Å²) in [4.78, 5) is 18.2. The predicted octanol–water partition coefficient (Wildman–Crippen LogP) is 2.56. The van der Waals surface area contributed by atoms with Crippen molar-refractivity contribution in [1.29, 1.82) is 0 Å². The van der Waals surface area contributed by atoms with Crippen LogP contribution in [0.15, 0.2) is 24.3 Å². The summed E-state index contributed by atoms with van der Waals surface area (Å²) in [6, 6.07) is 9.18. The molecule has 4 aliphatic heterocycles. The minimum atomic E-state index is 0. The number of piperidine rings is 3. The molecule has 174 valence electrons. The second-order valence-electron chi connectivity index (χ2n) is 9.11. The Hall–Kier alpha value is -1.05. The van der Waals surface area contributed by atoms with E-state index in [2.05, 4.69) is 26.5 Å². The molecule has 0 aromatic heterocycles. The van der Waals surface area contributed by atoms with Gasteiger partial charge in [-0.1, -0.05) is 18.6 Å². The van der Waals surface area contributed by atoms with Crippen molar-refractivity contribution in [3.05, 3.63) is 29.8 Å². The maximum Gasteiger partial charge on any atom is 0.253 e. The van der Waals surface area contributed by atoms with Gasteiger partial charge in [0.2, 0.25) is 0 Å². The van der Waals surface area contributed by atoms with Crippen molar-refractivity contribution in [3.8, 4) is 0 Å². The number of hydrogen-bond acceptors (Lipinski definition) is 5. The Morgan fingerprint density at radius 3 is 2.68 bits per heavy atom. The fourth-order valence-electron chi connectivity index (χ4n) is 6.09. The number of nitrogens with zero attached hydrogens (tertiary/aromatic N) is 2. The van der Waals surface area contributed by atoms with E-state index < -0.39 is 0 Å². The summed E-state index contributed by atoms with van der Waals surface area (Å²) in [6.07, 6.45) is 5.30. The first-order chi connectivity index (χ1) is 14.3. The highest BCUT2D eigenvalue weighted by Gasteiger charge is 2.45. The van der Waals surface area contributed by atoms with E-state index in [9.17, 15) is 4.79 Å². The topological polar surface area (TPSA) is 56.8 Å². The Kier molecular flexibility index (Phi) is 8.88. The second kappa shape index (κ2) is 11.2. The van der Waals surface area contributed by atoms with Crippen LogP contribution in [-0.2, 0) is 4.74 Å². The first-order valence-corrected chi connectivity index (χ1v) is 11.5. The number of benzene rings is 1. The van der Waals surface area contributed by atoms with Crippen molar-refractivity contribution in [2.45, 2.75) is 37.8 Å². The van der Waals surface area contributed by atoms with Crippen LogP contribution in [0.5, 0.6) is 0 Å². The van der Waals surface area contributed by atoms with E-state index in [0.29, 0.717) is 18.0 Å². The maximum atomic E-state index is 13.2. The summed E-state index contributed by atoms with van der Waals surface area (Å²) in [5, 5.41) is 6.98. The molecule has 2 N–H and O–H groups in total. The minimum Gasteiger partial charge on any atom is -0.378 e. The van der Waals surface area contributed by atoms with Gasteiger partial charge in [-0.3, -0.25) is 9.69 Å². The van der Waals surface area contributed by atoms with Crippen LogP contribution in [0.1, 0.15) is 36.0 Å². The third kappa shape index (κ3) is 5.14. The van der Waals surface area contributed by atoms with Crippen molar-refractivity contribution in [2.24, 2.45) is 11.8 Å². The summed E-state index contributed by atoms with van der Waals surface area (Å²) >= 11 is 0. The van der Waals surface area contributed by atoms with Gasteiger partial charge in [-0.25, -0.2) is 0 Å². The van der Waals surface area contributed by atoms with E-state index in [0.717, 1.165) is 56.6 Å². The number of hydrogen-bond donors (Lipinski definition) is 2. The summed E-state index contributed by atoms with van der Waals surface area (Å²) < 4.78 is 5.48. The predicted molar refractivity (Wildman–Crippen MR) is 129 cm³/mol. The summed E-state index contributed by atoms with van der Waals surface area (Å²) in [5.74, 6) is 1.51. The van der Waals surface area contributed by atoms with Crippen molar-refractivity contribution in [3.63, 3.8) is 0 Å². The Balaban J connectivity index is 0.00000136. The third-order valence-corrected chi connectivity index (χ3v) is 7.50. The number of para-hydroxylation sites is 1. The molecular formula is C23H36Cl2N4O2. The molecule has 6 nitrogen and oxygen atoms in total. The molecule has 1 aromatic rings. The number of fused-ring (bicyclic) bond motifs is 4. The Labute approximate surface area is 198 Å². The molecule has 1 amide bonds. The number of ether oxygens (including phenoxy) is 1. The van der Waals surface area contributed by atoms with Crippen LogP contribution >= 0.6 is 24.8 Å². The highest BCUT2D eigenvalue weighted by Crippen LogP contribution is 2.38. The molecule has 4 heterocycles. The van der Waals surface area contributed by atoms with Gasteiger partial charge in [-0.05, 0) is 62.9 Å². The SMILES string of the molecule is Cl.Cl.O=C(NC[C@H]1[C@@H]2CNC[C@@H](C2)[C@@H]2CCCCN21)c1ccccc1N1CCOCC1. The van der Waals surface area contributed by atoms with Crippen molar-refractivity contribution >= 4 is 36.4 Å². The van der Waals surface area contributed by atoms with Gasteiger partial charge >= 0.3 is 0 Å². The van der Waals surface area contributed by atoms with Crippen molar-refractivity contribution in [2.75, 3.05) is 57.4 Å². The van der Waals surface area contributed by atoms with Gasteiger partial charge in [0.15, 0.2) is 0 Å². The highest BCUT2D eigenvalue weighted by molar-refractivity contribution is 5.99. The lowest BCUT2D eigenvalue weighted by molar-refractivity contribution is -0.0371. The number of anilines is 1. The maximum absolute atomic E-state index is 13.2. The summed E-state index contributed by atoms with van der Waals surface area (Å²) in [6.45, 7) is 7.35.